The van der Waals surface area contributed by atoms with Crippen LogP contribution in [0.1, 0.15) is 51.8 Å². The molecule has 168 valence electrons. The second-order valence-corrected chi connectivity index (χ2v) is 8.76. The molecule has 0 amide bonds. The van der Waals surface area contributed by atoms with Crippen LogP contribution in [-0.4, -0.2) is 0 Å². The Morgan fingerprint density at radius 2 is 1.41 bits per heavy atom. The number of halogens is 1. The van der Waals surface area contributed by atoms with E-state index < -0.39 is 0 Å². The Kier molecular flexibility index (Phi) is 7.68. The van der Waals surface area contributed by atoms with E-state index in [9.17, 15) is 4.39 Å². The van der Waals surface area contributed by atoms with Crippen molar-refractivity contribution in [2.75, 3.05) is 0 Å². The lowest BCUT2D eigenvalue weighted by Gasteiger charge is -2.12. The Morgan fingerprint density at radius 1 is 0.765 bits per heavy atom. The zero-order chi connectivity index (χ0) is 23.8. The predicted octanol–water partition coefficient (Wildman–Crippen LogP) is 8.00. The molecule has 34 heavy (non-hydrogen) atoms. The molecular formula is C32H28FN. The van der Waals surface area contributed by atoms with E-state index in [4.69, 9.17) is 5.26 Å². The summed E-state index contributed by atoms with van der Waals surface area (Å²) < 4.78 is 14.6. The van der Waals surface area contributed by atoms with Gasteiger partial charge < -0.3 is 0 Å². The number of nitriles is 1. The Balaban J connectivity index is 1.32. The third-order valence-corrected chi connectivity index (χ3v) is 6.20. The zero-order valence-electron chi connectivity index (χ0n) is 19.4. The molecule has 4 aromatic carbocycles. The second kappa shape index (κ2) is 11.3. The summed E-state index contributed by atoms with van der Waals surface area (Å²) in [6.45, 7) is 2.26. The summed E-state index contributed by atoms with van der Waals surface area (Å²) >= 11 is 0. The van der Waals surface area contributed by atoms with Crippen LogP contribution in [0.4, 0.5) is 4.39 Å². The van der Waals surface area contributed by atoms with Crippen molar-refractivity contribution in [3.8, 4) is 6.07 Å². The van der Waals surface area contributed by atoms with Crippen LogP contribution in [0.2, 0.25) is 0 Å². The largest absolute Gasteiger partial charge is 0.206 e. The second-order valence-electron chi connectivity index (χ2n) is 8.76. The van der Waals surface area contributed by atoms with E-state index in [1.165, 1.54) is 16.7 Å². The number of hydrogen-bond acceptors (Lipinski definition) is 1. The summed E-state index contributed by atoms with van der Waals surface area (Å²) in [4.78, 5) is 0. The van der Waals surface area contributed by atoms with Gasteiger partial charge in [-0.25, -0.2) is 4.39 Å². The van der Waals surface area contributed by atoms with Crippen LogP contribution in [-0.2, 0) is 19.3 Å². The quantitative estimate of drug-likeness (QED) is 0.252. The highest BCUT2D eigenvalue weighted by Crippen LogP contribution is 2.21. The molecule has 0 aliphatic carbocycles. The molecule has 0 saturated carbocycles. The van der Waals surface area contributed by atoms with Gasteiger partial charge in [-0.05, 0) is 71.2 Å². The monoisotopic (exact) mass is 445 g/mol. The summed E-state index contributed by atoms with van der Waals surface area (Å²) in [7, 11) is 0. The van der Waals surface area contributed by atoms with E-state index in [1.807, 2.05) is 30.3 Å². The molecule has 0 aromatic heterocycles. The van der Waals surface area contributed by atoms with Crippen LogP contribution < -0.4 is 0 Å². The molecule has 0 spiro atoms. The van der Waals surface area contributed by atoms with Crippen molar-refractivity contribution in [2.45, 2.75) is 32.1 Å². The molecule has 0 saturated heterocycles. The first-order chi connectivity index (χ1) is 16.6. The lowest BCUT2D eigenvalue weighted by Crippen LogP contribution is -1.99. The molecular weight excluding hydrogens is 417 g/mol. The van der Waals surface area contributed by atoms with Crippen LogP contribution in [0, 0.1) is 17.1 Å². The van der Waals surface area contributed by atoms with Crippen LogP contribution in [0.5, 0.6) is 0 Å². The van der Waals surface area contributed by atoms with Gasteiger partial charge in [0, 0.05) is 5.56 Å². The van der Waals surface area contributed by atoms with Crippen molar-refractivity contribution in [1.82, 2.24) is 0 Å². The minimum absolute atomic E-state index is 0.215. The van der Waals surface area contributed by atoms with Gasteiger partial charge in [0.05, 0.1) is 11.6 Å². The first kappa shape index (κ1) is 23.2. The van der Waals surface area contributed by atoms with Crippen molar-refractivity contribution in [2.24, 2.45) is 0 Å². The van der Waals surface area contributed by atoms with E-state index in [0.717, 1.165) is 30.4 Å². The summed E-state index contributed by atoms with van der Waals surface area (Å²) in [6, 6.07) is 34.2. The van der Waals surface area contributed by atoms with Crippen molar-refractivity contribution in [1.29, 1.82) is 5.26 Å². The van der Waals surface area contributed by atoms with E-state index in [2.05, 4.69) is 67.6 Å². The van der Waals surface area contributed by atoms with Gasteiger partial charge in [-0.15, -0.1) is 0 Å². The molecule has 2 heteroatoms. The lowest BCUT2D eigenvalue weighted by molar-refractivity contribution is 0.622. The van der Waals surface area contributed by atoms with Crippen molar-refractivity contribution in [3.63, 3.8) is 0 Å². The third kappa shape index (κ3) is 6.30. The summed E-state index contributed by atoms with van der Waals surface area (Å²) in [6.07, 6.45) is 6.34. The maximum Gasteiger partial charge on any atom is 0.130 e. The summed E-state index contributed by atoms with van der Waals surface area (Å²) in [5, 5.41) is 8.88. The van der Waals surface area contributed by atoms with Crippen molar-refractivity contribution in [3.05, 3.63) is 142 Å². The first-order valence-electron chi connectivity index (χ1n) is 11.7. The number of benzene rings is 4. The molecule has 0 fully saturated rings. The standard InChI is InChI=1S/C32H28FN/c1-24(30-5-3-2-4-6-30)21-27-12-7-25(8-13-27)9-14-28-18-20-31(32(33)22-28)19-17-26-10-15-29(23-34)16-11-26/h2-8,10-13,15-20,22,24H,9,14,21H2,1H3/t24-/m0/s1. The van der Waals surface area contributed by atoms with Gasteiger partial charge >= 0.3 is 0 Å². The van der Waals surface area contributed by atoms with Crippen LogP contribution in [0.3, 0.4) is 0 Å². The van der Waals surface area contributed by atoms with Crippen LogP contribution >= 0.6 is 0 Å². The normalized spacial score (nSPS) is 11.9. The molecule has 0 unspecified atom stereocenters. The summed E-state index contributed by atoms with van der Waals surface area (Å²) in [5.74, 6) is 0.271. The average molecular weight is 446 g/mol. The first-order valence-corrected chi connectivity index (χ1v) is 11.7. The van der Waals surface area contributed by atoms with Gasteiger partial charge in [-0.1, -0.05) is 97.9 Å². The summed E-state index contributed by atoms with van der Waals surface area (Å²) in [5.41, 5.74) is 7.07. The van der Waals surface area contributed by atoms with E-state index in [0.29, 0.717) is 17.0 Å². The molecule has 0 heterocycles. The fourth-order valence-corrected chi connectivity index (χ4v) is 4.10. The van der Waals surface area contributed by atoms with Gasteiger partial charge in [-0.3, -0.25) is 0 Å². The lowest BCUT2D eigenvalue weighted by atomic mass is 9.93. The molecule has 1 nitrogen and oxygen atoms in total. The number of nitrogens with zero attached hydrogens (tertiary/aromatic N) is 1. The Morgan fingerprint density at radius 3 is 2.09 bits per heavy atom. The fraction of sp³-hybridized carbons (Fsp3) is 0.156. The molecule has 0 N–H and O–H groups in total. The Hall–Kier alpha value is -3.96. The molecule has 0 aliphatic rings. The van der Waals surface area contributed by atoms with Crippen LogP contribution in [0.25, 0.3) is 12.2 Å². The van der Waals surface area contributed by atoms with E-state index in [-0.39, 0.29) is 5.82 Å². The van der Waals surface area contributed by atoms with Gasteiger partial charge in [0.15, 0.2) is 0 Å². The predicted molar refractivity (Wildman–Crippen MR) is 139 cm³/mol. The maximum absolute atomic E-state index is 14.6. The topological polar surface area (TPSA) is 23.8 Å². The fourth-order valence-electron chi connectivity index (χ4n) is 4.10. The van der Waals surface area contributed by atoms with E-state index in [1.54, 1.807) is 24.3 Å². The molecule has 4 aromatic rings. The molecule has 0 radical (unpaired) electrons. The zero-order valence-corrected chi connectivity index (χ0v) is 19.4. The van der Waals surface area contributed by atoms with Gasteiger partial charge in [0.2, 0.25) is 0 Å². The SMILES string of the molecule is C[C@@H](Cc1ccc(CCc2ccc(C=Cc3ccc(C#N)cc3)c(F)c2)cc1)c1ccccc1. The Labute approximate surface area is 201 Å². The molecule has 4 rings (SSSR count). The minimum atomic E-state index is -0.215. The Bertz CT molecular complexity index is 1280. The van der Waals surface area contributed by atoms with Gasteiger partial charge in [0.25, 0.3) is 0 Å². The third-order valence-electron chi connectivity index (χ3n) is 6.20. The number of hydrogen-bond donors (Lipinski definition) is 0. The molecule has 1 atom stereocenters. The van der Waals surface area contributed by atoms with Crippen molar-refractivity contribution >= 4 is 12.2 Å². The average Bonchev–Trinajstić information content (AvgIpc) is 2.88. The molecule has 0 bridgehead atoms. The highest BCUT2D eigenvalue weighted by atomic mass is 19.1. The smallest absolute Gasteiger partial charge is 0.130 e. The van der Waals surface area contributed by atoms with Crippen LogP contribution in [0.15, 0.2) is 97.1 Å². The minimum Gasteiger partial charge on any atom is -0.206 e. The molecule has 0 aliphatic heterocycles. The number of aryl methyl sites for hydroxylation is 2. The highest BCUT2D eigenvalue weighted by Gasteiger charge is 2.07. The van der Waals surface area contributed by atoms with Gasteiger partial charge in [0.1, 0.15) is 5.82 Å². The van der Waals surface area contributed by atoms with E-state index >= 15 is 0 Å². The van der Waals surface area contributed by atoms with Crippen molar-refractivity contribution < 1.29 is 4.39 Å². The number of rotatable bonds is 8. The highest BCUT2D eigenvalue weighted by molar-refractivity contribution is 5.70. The maximum atomic E-state index is 14.6. The van der Waals surface area contributed by atoms with Gasteiger partial charge in [-0.2, -0.15) is 5.26 Å².